The van der Waals surface area contributed by atoms with Crippen LogP contribution >= 0.6 is 0 Å². The Morgan fingerprint density at radius 2 is 1.90 bits per heavy atom. The Hall–Kier alpha value is -2.60. The van der Waals surface area contributed by atoms with E-state index in [1.54, 1.807) is 6.07 Å². The fourth-order valence-electron chi connectivity index (χ4n) is 1.83. The summed E-state index contributed by atoms with van der Waals surface area (Å²) in [6.45, 7) is -0.211. The molecule has 0 saturated heterocycles. The zero-order valence-corrected chi connectivity index (χ0v) is 10.4. The summed E-state index contributed by atoms with van der Waals surface area (Å²) < 4.78 is 13.9. The maximum absolute atomic E-state index is 13.9. The highest BCUT2D eigenvalue weighted by Gasteiger charge is 2.11. The van der Waals surface area contributed by atoms with Crippen LogP contribution in [0.2, 0.25) is 0 Å². The molecule has 3 aromatic rings. The molecular formula is C14H11FN4O. The van der Waals surface area contributed by atoms with Gasteiger partial charge in [-0.05, 0) is 22.9 Å². The number of hydrogen-bond acceptors (Lipinski definition) is 4. The van der Waals surface area contributed by atoms with Crippen LogP contribution in [0.15, 0.2) is 48.5 Å². The first-order valence-electron chi connectivity index (χ1n) is 6.03. The normalized spacial score (nSPS) is 10.7. The Kier molecular flexibility index (Phi) is 3.22. The Labute approximate surface area is 114 Å². The third-order valence-electron chi connectivity index (χ3n) is 2.86. The van der Waals surface area contributed by atoms with Gasteiger partial charge in [0, 0.05) is 5.56 Å². The Morgan fingerprint density at radius 3 is 2.60 bits per heavy atom. The number of aliphatic hydroxyl groups is 1. The predicted octanol–water partition coefficient (Wildman–Crippen LogP) is 1.96. The molecule has 1 aromatic heterocycles. The summed E-state index contributed by atoms with van der Waals surface area (Å²) in [7, 11) is 0. The number of aliphatic hydroxyl groups excluding tert-OH is 1. The number of aromatic nitrogens is 4. The van der Waals surface area contributed by atoms with E-state index < -0.39 is 5.82 Å². The average molecular weight is 270 g/mol. The van der Waals surface area contributed by atoms with Crippen molar-refractivity contribution in [3.63, 3.8) is 0 Å². The molecule has 1 N–H and O–H groups in total. The molecule has 6 heteroatoms. The molecule has 0 atom stereocenters. The third-order valence-corrected chi connectivity index (χ3v) is 2.86. The van der Waals surface area contributed by atoms with Gasteiger partial charge in [0.15, 0.2) is 5.82 Å². The molecule has 0 bridgehead atoms. The molecular weight excluding hydrogens is 259 g/mol. The van der Waals surface area contributed by atoms with Gasteiger partial charge in [-0.25, -0.2) is 4.39 Å². The zero-order valence-electron chi connectivity index (χ0n) is 10.4. The summed E-state index contributed by atoms with van der Waals surface area (Å²) in [6.07, 6.45) is 0. The molecule has 0 unspecified atom stereocenters. The van der Waals surface area contributed by atoms with Crippen LogP contribution in [0, 0.1) is 5.82 Å². The smallest absolute Gasteiger partial charge is 0.205 e. The molecule has 100 valence electrons. The van der Waals surface area contributed by atoms with Gasteiger partial charge < -0.3 is 5.11 Å². The summed E-state index contributed by atoms with van der Waals surface area (Å²) in [5.74, 6) is -0.0789. The lowest BCUT2D eigenvalue weighted by Gasteiger charge is -2.02. The number of hydrogen-bond donors (Lipinski definition) is 1. The molecule has 0 spiro atoms. The van der Waals surface area contributed by atoms with Gasteiger partial charge in [0.05, 0.1) is 6.61 Å². The molecule has 20 heavy (non-hydrogen) atoms. The van der Waals surface area contributed by atoms with Crippen LogP contribution in [0.1, 0.15) is 5.56 Å². The highest BCUT2D eigenvalue weighted by Crippen LogP contribution is 2.16. The molecule has 0 aliphatic rings. The Balaban J connectivity index is 1.98. The fourth-order valence-corrected chi connectivity index (χ4v) is 1.83. The number of nitrogens with zero attached hydrogens (tertiary/aromatic N) is 4. The van der Waals surface area contributed by atoms with E-state index in [0.717, 1.165) is 10.4 Å². The minimum atomic E-state index is -0.506. The molecule has 1 heterocycles. The highest BCUT2D eigenvalue weighted by molar-refractivity contribution is 5.53. The Morgan fingerprint density at radius 1 is 1.10 bits per heavy atom. The molecule has 3 rings (SSSR count). The second-order valence-corrected chi connectivity index (χ2v) is 4.21. The predicted molar refractivity (Wildman–Crippen MR) is 70.5 cm³/mol. The monoisotopic (exact) mass is 270 g/mol. The standard InChI is InChI=1S/C14H11FN4O/c15-12-8-10(9-20)6-7-13(12)19-17-14(16-18-19)11-4-2-1-3-5-11/h1-8,20H,9H2. The largest absolute Gasteiger partial charge is 0.392 e. The van der Waals surface area contributed by atoms with E-state index in [4.69, 9.17) is 5.11 Å². The summed E-state index contributed by atoms with van der Waals surface area (Å²) in [6, 6.07) is 13.7. The number of rotatable bonds is 3. The zero-order chi connectivity index (χ0) is 13.9. The third kappa shape index (κ3) is 2.28. The fraction of sp³-hybridized carbons (Fsp3) is 0.0714. The molecule has 0 aliphatic heterocycles. The van der Waals surface area contributed by atoms with Crippen LogP contribution in [0.4, 0.5) is 4.39 Å². The first-order chi connectivity index (χ1) is 9.78. The lowest BCUT2D eigenvalue weighted by molar-refractivity contribution is 0.281. The molecule has 0 radical (unpaired) electrons. The van der Waals surface area contributed by atoms with Crippen LogP contribution in [0.3, 0.4) is 0 Å². The summed E-state index contributed by atoms with van der Waals surface area (Å²) >= 11 is 0. The summed E-state index contributed by atoms with van der Waals surface area (Å²) in [5, 5.41) is 20.9. The van der Waals surface area contributed by atoms with Crippen molar-refractivity contribution in [3.8, 4) is 17.1 Å². The van der Waals surface area contributed by atoms with Gasteiger partial charge in [0.2, 0.25) is 5.82 Å². The van der Waals surface area contributed by atoms with Crippen LogP contribution in [-0.2, 0) is 6.61 Å². The summed E-state index contributed by atoms with van der Waals surface area (Å²) in [4.78, 5) is 1.14. The van der Waals surface area contributed by atoms with Gasteiger partial charge in [-0.2, -0.15) is 0 Å². The topological polar surface area (TPSA) is 63.8 Å². The number of benzene rings is 2. The van der Waals surface area contributed by atoms with Crippen molar-refractivity contribution < 1.29 is 9.50 Å². The van der Waals surface area contributed by atoms with Gasteiger partial charge in [0.25, 0.3) is 0 Å². The molecule has 2 aromatic carbocycles. The molecule has 0 amide bonds. The first kappa shape index (κ1) is 12.4. The van der Waals surface area contributed by atoms with Gasteiger partial charge in [-0.15, -0.1) is 15.0 Å². The van der Waals surface area contributed by atoms with Crippen LogP contribution < -0.4 is 0 Å². The number of halogens is 1. The maximum Gasteiger partial charge on any atom is 0.205 e. The quantitative estimate of drug-likeness (QED) is 0.790. The molecule has 0 fully saturated rings. The van der Waals surface area contributed by atoms with Crippen molar-refractivity contribution >= 4 is 0 Å². The lowest BCUT2D eigenvalue weighted by Crippen LogP contribution is -2.03. The summed E-state index contributed by atoms with van der Waals surface area (Å²) in [5.41, 5.74) is 1.50. The van der Waals surface area contributed by atoms with Crippen molar-refractivity contribution in [2.45, 2.75) is 6.61 Å². The van der Waals surface area contributed by atoms with Crippen molar-refractivity contribution in [1.29, 1.82) is 0 Å². The molecule has 0 aliphatic carbocycles. The van der Waals surface area contributed by atoms with Crippen LogP contribution in [-0.4, -0.2) is 25.3 Å². The van der Waals surface area contributed by atoms with Crippen LogP contribution in [0.25, 0.3) is 17.1 Å². The second-order valence-electron chi connectivity index (χ2n) is 4.21. The van der Waals surface area contributed by atoms with Gasteiger partial charge in [-0.3, -0.25) is 0 Å². The van der Waals surface area contributed by atoms with Crippen LogP contribution in [0.5, 0.6) is 0 Å². The van der Waals surface area contributed by atoms with Gasteiger partial charge in [0.1, 0.15) is 5.69 Å². The maximum atomic E-state index is 13.9. The van der Waals surface area contributed by atoms with Crippen molar-refractivity contribution in [3.05, 3.63) is 59.9 Å². The van der Waals surface area contributed by atoms with E-state index in [0.29, 0.717) is 11.4 Å². The minimum absolute atomic E-state index is 0.192. The van der Waals surface area contributed by atoms with E-state index in [9.17, 15) is 4.39 Å². The minimum Gasteiger partial charge on any atom is -0.392 e. The molecule has 5 nitrogen and oxygen atoms in total. The average Bonchev–Trinajstić information content (AvgIpc) is 2.97. The van der Waals surface area contributed by atoms with E-state index in [2.05, 4.69) is 15.4 Å². The van der Waals surface area contributed by atoms with Crippen molar-refractivity contribution in [1.82, 2.24) is 20.2 Å². The second kappa shape index (κ2) is 5.18. The van der Waals surface area contributed by atoms with Crippen molar-refractivity contribution in [2.24, 2.45) is 0 Å². The van der Waals surface area contributed by atoms with E-state index in [1.165, 1.54) is 12.1 Å². The highest BCUT2D eigenvalue weighted by atomic mass is 19.1. The SMILES string of the molecule is OCc1ccc(-n2nnc(-c3ccccc3)n2)c(F)c1. The Bertz CT molecular complexity index is 727. The lowest BCUT2D eigenvalue weighted by atomic mass is 10.2. The van der Waals surface area contributed by atoms with Crippen molar-refractivity contribution in [2.75, 3.05) is 0 Å². The van der Waals surface area contributed by atoms with E-state index >= 15 is 0 Å². The number of tetrazole rings is 1. The molecule has 0 saturated carbocycles. The first-order valence-corrected chi connectivity index (χ1v) is 6.03. The van der Waals surface area contributed by atoms with Gasteiger partial charge >= 0.3 is 0 Å². The van der Waals surface area contributed by atoms with E-state index in [1.807, 2.05) is 30.3 Å². The van der Waals surface area contributed by atoms with Gasteiger partial charge in [-0.1, -0.05) is 36.4 Å². The van der Waals surface area contributed by atoms with E-state index in [-0.39, 0.29) is 12.3 Å².